The molecule has 0 unspecified atom stereocenters. The van der Waals surface area contributed by atoms with Crippen molar-refractivity contribution in [2.24, 2.45) is 0 Å². The fourth-order valence-corrected chi connectivity index (χ4v) is 4.89. The minimum absolute atomic E-state index is 0.284. The van der Waals surface area contributed by atoms with Crippen LogP contribution in [0.2, 0.25) is 0 Å². The topological polar surface area (TPSA) is 88.1 Å². The summed E-state index contributed by atoms with van der Waals surface area (Å²) in [6.45, 7) is 7.56. The van der Waals surface area contributed by atoms with E-state index in [-0.39, 0.29) is 12.1 Å². The fraction of sp³-hybridized carbons (Fsp3) is 0.533. The molecule has 2 aliphatic rings. The Bertz CT molecular complexity index is 1050. The van der Waals surface area contributed by atoms with Gasteiger partial charge in [-0.15, -0.1) is 0 Å². The predicted octanol–water partition coefficient (Wildman–Crippen LogP) is 6.07. The summed E-state index contributed by atoms with van der Waals surface area (Å²) in [5.74, 6) is 1.14. The Morgan fingerprint density at radius 1 is 1.05 bits per heavy atom. The quantitative estimate of drug-likeness (QED) is 0.302. The smallest absolute Gasteiger partial charge is 0.329 e. The lowest BCUT2D eigenvalue weighted by Crippen LogP contribution is -2.50. The van der Waals surface area contributed by atoms with Crippen LogP contribution in [0.5, 0.6) is 11.5 Å². The number of hydrogen-bond acceptors (Lipinski definition) is 4. The van der Waals surface area contributed by atoms with Crippen LogP contribution in [0.25, 0.3) is 0 Å². The van der Waals surface area contributed by atoms with E-state index >= 15 is 0 Å². The SMILES string of the molecule is CCOc1cc([C@@H](C)N(CCCCc2ccccc2)C(=O)NC2(C(=O)O)CC2)cc(OCC)c1C1CC1. The number of nitrogens with one attached hydrogen (secondary N) is 1. The van der Waals surface area contributed by atoms with Crippen molar-refractivity contribution >= 4 is 12.0 Å². The summed E-state index contributed by atoms with van der Waals surface area (Å²) in [5.41, 5.74) is 2.19. The van der Waals surface area contributed by atoms with Gasteiger partial charge < -0.3 is 24.8 Å². The molecule has 4 rings (SSSR count). The molecule has 7 nitrogen and oxygen atoms in total. The molecule has 2 aromatic carbocycles. The van der Waals surface area contributed by atoms with Gasteiger partial charge in [0.15, 0.2) is 0 Å². The standard InChI is InChI=1S/C30H40N2O5/c1-4-36-25-19-24(20-26(37-5-2)27(25)23-14-15-23)21(3)32(29(35)31-30(16-17-30)28(33)34)18-10-9-13-22-11-7-6-8-12-22/h6-8,11-12,19-21,23H,4-5,9-10,13-18H2,1-3H3,(H,31,35)(H,33,34)/t21-/m1/s1. The number of benzene rings is 2. The Kier molecular flexibility index (Phi) is 8.62. The number of nitrogens with zero attached hydrogens (tertiary/aromatic N) is 1. The molecule has 0 aliphatic heterocycles. The molecule has 0 bridgehead atoms. The van der Waals surface area contributed by atoms with Crippen molar-refractivity contribution in [3.05, 3.63) is 59.2 Å². The number of carboxylic acids is 1. The molecule has 2 aliphatic carbocycles. The van der Waals surface area contributed by atoms with Gasteiger partial charge in [-0.3, -0.25) is 0 Å². The highest BCUT2D eigenvalue weighted by molar-refractivity contribution is 5.89. The highest BCUT2D eigenvalue weighted by Gasteiger charge is 2.52. The first-order valence-corrected chi connectivity index (χ1v) is 13.7. The Morgan fingerprint density at radius 2 is 1.68 bits per heavy atom. The second-order valence-corrected chi connectivity index (χ2v) is 10.2. The van der Waals surface area contributed by atoms with E-state index < -0.39 is 11.5 Å². The second-order valence-electron chi connectivity index (χ2n) is 10.2. The van der Waals surface area contributed by atoms with Crippen LogP contribution in [0.1, 0.15) is 87.9 Å². The lowest BCUT2D eigenvalue weighted by molar-refractivity contribution is -0.140. The van der Waals surface area contributed by atoms with E-state index in [9.17, 15) is 14.7 Å². The number of ether oxygens (including phenoxy) is 2. The number of carboxylic acid groups (broad SMARTS) is 1. The van der Waals surface area contributed by atoms with Gasteiger partial charge in [0, 0.05) is 12.1 Å². The molecule has 2 N–H and O–H groups in total. The largest absolute Gasteiger partial charge is 0.493 e. The molecule has 7 heteroatoms. The van der Waals surface area contributed by atoms with Crippen LogP contribution in [0.15, 0.2) is 42.5 Å². The molecule has 0 spiro atoms. The maximum Gasteiger partial charge on any atom is 0.329 e. The highest BCUT2D eigenvalue weighted by Crippen LogP contribution is 2.50. The Balaban J connectivity index is 1.56. The van der Waals surface area contributed by atoms with Gasteiger partial charge >= 0.3 is 12.0 Å². The Labute approximate surface area is 220 Å². The molecular formula is C30H40N2O5. The van der Waals surface area contributed by atoms with E-state index in [1.807, 2.05) is 51.1 Å². The lowest BCUT2D eigenvalue weighted by Gasteiger charge is -2.32. The summed E-state index contributed by atoms with van der Waals surface area (Å²) in [4.78, 5) is 27.0. The van der Waals surface area contributed by atoms with E-state index in [4.69, 9.17) is 9.47 Å². The predicted molar refractivity (Wildman–Crippen MR) is 143 cm³/mol. The Morgan fingerprint density at radius 3 is 2.19 bits per heavy atom. The summed E-state index contributed by atoms with van der Waals surface area (Å²) in [6, 6.07) is 13.8. The van der Waals surface area contributed by atoms with Gasteiger partial charge in [-0.25, -0.2) is 9.59 Å². The normalized spacial score (nSPS) is 16.5. The van der Waals surface area contributed by atoms with Crippen molar-refractivity contribution < 1.29 is 24.2 Å². The highest BCUT2D eigenvalue weighted by atomic mass is 16.5. The number of urea groups is 1. The molecule has 0 heterocycles. The molecule has 0 aromatic heterocycles. The van der Waals surface area contributed by atoms with E-state index in [1.165, 1.54) is 5.56 Å². The number of carbonyl (C=O) groups is 2. The molecule has 2 fully saturated rings. The first-order valence-electron chi connectivity index (χ1n) is 13.7. The number of unbranched alkanes of at least 4 members (excludes halogenated alkanes) is 1. The van der Waals surface area contributed by atoms with Gasteiger partial charge in [-0.05, 0) is 94.9 Å². The van der Waals surface area contributed by atoms with Gasteiger partial charge in [0.25, 0.3) is 0 Å². The molecule has 2 saturated carbocycles. The van der Waals surface area contributed by atoms with E-state index in [2.05, 4.69) is 17.4 Å². The van der Waals surface area contributed by atoms with Crippen molar-refractivity contribution in [1.29, 1.82) is 0 Å². The molecular weight excluding hydrogens is 468 g/mol. The van der Waals surface area contributed by atoms with Crippen molar-refractivity contribution in [3.8, 4) is 11.5 Å². The molecule has 200 valence electrons. The summed E-state index contributed by atoms with van der Waals surface area (Å²) < 4.78 is 12.1. The zero-order valence-electron chi connectivity index (χ0n) is 22.3. The number of amides is 2. The first-order chi connectivity index (χ1) is 17.9. The maximum atomic E-state index is 13.5. The lowest BCUT2D eigenvalue weighted by atomic mass is 9.99. The fourth-order valence-electron chi connectivity index (χ4n) is 4.89. The van der Waals surface area contributed by atoms with Crippen molar-refractivity contribution in [1.82, 2.24) is 10.2 Å². The average Bonchev–Trinajstić information content (AvgIpc) is 3.81. The third kappa shape index (κ3) is 6.56. The van der Waals surface area contributed by atoms with Gasteiger partial charge in [-0.2, -0.15) is 0 Å². The van der Waals surface area contributed by atoms with Gasteiger partial charge in [0.2, 0.25) is 0 Å². The molecule has 0 radical (unpaired) electrons. The minimum atomic E-state index is -1.14. The summed E-state index contributed by atoms with van der Waals surface area (Å²) >= 11 is 0. The van der Waals surface area contributed by atoms with Gasteiger partial charge in [-0.1, -0.05) is 30.3 Å². The van der Waals surface area contributed by atoms with E-state index in [0.717, 1.165) is 54.7 Å². The van der Waals surface area contributed by atoms with Crippen molar-refractivity contribution in [2.75, 3.05) is 19.8 Å². The third-order valence-corrected chi connectivity index (χ3v) is 7.39. The zero-order valence-corrected chi connectivity index (χ0v) is 22.3. The van der Waals surface area contributed by atoms with Crippen LogP contribution >= 0.6 is 0 Å². The zero-order chi connectivity index (χ0) is 26.4. The minimum Gasteiger partial charge on any atom is -0.493 e. The number of hydrogen-bond donors (Lipinski definition) is 2. The van der Waals surface area contributed by atoms with Crippen molar-refractivity contribution in [3.63, 3.8) is 0 Å². The number of rotatable bonds is 14. The van der Waals surface area contributed by atoms with Crippen LogP contribution in [0, 0.1) is 0 Å². The molecule has 0 saturated heterocycles. The third-order valence-electron chi connectivity index (χ3n) is 7.39. The van der Waals surface area contributed by atoms with Crippen LogP contribution in [-0.2, 0) is 11.2 Å². The molecule has 2 amide bonds. The van der Waals surface area contributed by atoms with Crippen LogP contribution < -0.4 is 14.8 Å². The monoisotopic (exact) mass is 508 g/mol. The second kappa shape index (κ2) is 11.9. The van der Waals surface area contributed by atoms with Gasteiger partial charge in [0.1, 0.15) is 17.0 Å². The van der Waals surface area contributed by atoms with E-state index in [1.54, 1.807) is 4.90 Å². The summed E-state index contributed by atoms with van der Waals surface area (Å²) in [6.07, 6.45) is 5.85. The number of carbonyl (C=O) groups excluding carboxylic acids is 1. The van der Waals surface area contributed by atoms with Crippen molar-refractivity contribution in [2.45, 2.75) is 83.2 Å². The van der Waals surface area contributed by atoms with Gasteiger partial charge in [0.05, 0.1) is 19.3 Å². The Hall–Kier alpha value is -3.22. The molecule has 1 atom stereocenters. The summed E-state index contributed by atoms with van der Waals surface area (Å²) in [7, 11) is 0. The summed E-state index contributed by atoms with van der Waals surface area (Å²) in [5, 5.41) is 12.5. The number of aliphatic carboxylic acids is 1. The maximum absolute atomic E-state index is 13.5. The molecule has 2 aromatic rings. The van der Waals surface area contributed by atoms with Crippen LogP contribution in [0.4, 0.5) is 4.79 Å². The number of aryl methyl sites for hydroxylation is 1. The first kappa shape index (κ1) is 26.8. The molecule has 37 heavy (non-hydrogen) atoms. The van der Waals surface area contributed by atoms with Crippen LogP contribution in [-0.4, -0.2) is 47.3 Å². The van der Waals surface area contributed by atoms with Crippen LogP contribution in [0.3, 0.4) is 0 Å². The van der Waals surface area contributed by atoms with E-state index in [0.29, 0.717) is 38.5 Å². The average molecular weight is 509 g/mol.